The van der Waals surface area contributed by atoms with Gasteiger partial charge in [0.15, 0.2) is 0 Å². The molecule has 1 aromatic carbocycles. The highest BCUT2D eigenvalue weighted by molar-refractivity contribution is 7.07. The van der Waals surface area contributed by atoms with Crippen LogP contribution in [0, 0.1) is 0 Å². The molecule has 4 nitrogen and oxygen atoms in total. The molecule has 4 N–H and O–H groups in total. The van der Waals surface area contributed by atoms with E-state index in [1.165, 1.54) is 0 Å². The highest BCUT2D eigenvalue weighted by Crippen LogP contribution is 2.16. The third-order valence-corrected chi connectivity index (χ3v) is 3.23. The Morgan fingerprint density at radius 1 is 1.28 bits per heavy atom. The molecule has 0 atom stereocenters. The van der Waals surface area contributed by atoms with Crippen molar-refractivity contribution >= 4 is 28.7 Å². The molecular weight excluding hydrogens is 248 g/mol. The monoisotopic (exact) mass is 262 g/mol. The highest BCUT2D eigenvalue weighted by Gasteiger charge is 2.11. The first-order valence-corrected chi connectivity index (χ1v) is 6.44. The average molecular weight is 262 g/mol. The zero-order valence-corrected chi connectivity index (χ0v) is 10.6. The molecule has 0 aliphatic heterocycles. The van der Waals surface area contributed by atoms with Gasteiger partial charge in [0.25, 0.3) is 0 Å². The van der Waals surface area contributed by atoms with Crippen LogP contribution in [-0.2, 0) is 11.2 Å². The Labute approximate surface area is 109 Å². The van der Waals surface area contributed by atoms with Gasteiger partial charge in [-0.15, -0.1) is 0 Å². The van der Waals surface area contributed by atoms with E-state index >= 15 is 0 Å². The molecule has 0 fully saturated rings. The quantitative estimate of drug-likeness (QED) is 0.654. The second-order valence-corrected chi connectivity index (χ2v) is 4.64. The Morgan fingerprint density at radius 3 is 2.78 bits per heavy atom. The molecule has 0 radical (unpaired) electrons. The summed E-state index contributed by atoms with van der Waals surface area (Å²) in [6.45, 7) is 0.347. The summed E-state index contributed by atoms with van der Waals surface area (Å²) in [7, 11) is 0. The highest BCUT2D eigenvalue weighted by atomic mass is 32.1. The molecule has 2 rings (SSSR count). The van der Waals surface area contributed by atoms with Crippen LogP contribution in [0.25, 0.3) is 0 Å². The number of nitrogens with two attached hydrogens (primary N) is 2. The smallest absolute Gasteiger partial charge is 0.340 e. The number of ether oxygens (including phenoxy) is 1. The summed E-state index contributed by atoms with van der Waals surface area (Å²) in [5, 5.41) is 4.03. The van der Waals surface area contributed by atoms with Crippen LogP contribution in [0.3, 0.4) is 0 Å². The molecule has 0 saturated carbocycles. The Kier molecular flexibility index (Phi) is 3.84. The molecule has 0 aliphatic rings. The van der Waals surface area contributed by atoms with Crippen LogP contribution in [0.4, 0.5) is 11.4 Å². The van der Waals surface area contributed by atoms with E-state index in [0.29, 0.717) is 30.0 Å². The number of nitrogen functional groups attached to an aromatic ring is 2. The molecule has 0 spiro atoms. The summed E-state index contributed by atoms with van der Waals surface area (Å²) in [4.78, 5) is 11.8. The summed E-state index contributed by atoms with van der Waals surface area (Å²) < 4.78 is 5.17. The van der Waals surface area contributed by atoms with Gasteiger partial charge < -0.3 is 16.2 Å². The Morgan fingerprint density at radius 2 is 2.11 bits per heavy atom. The van der Waals surface area contributed by atoms with Gasteiger partial charge in [0.2, 0.25) is 0 Å². The van der Waals surface area contributed by atoms with Crippen molar-refractivity contribution in [3.63, 3.8) is 0 Å². The third kappa shape index (κ3) is 3.01. The van der Waals surface area contributed by atoms with Crippen molar-refractivity contribution in [1.29, 1.82) is 0 Å². The number of hydrogen-bond acceptors (Lipinski definition) is 5. The van der Waals surface area contributed by atoms with Crippen molar-refractivity contribution in [3.8, 4) is 0 Å². The van der Waals surface area contributed by atoms with Crippen LogP contribution in [0.5, 0.6) is 0 Å². The second-order valence-electron chi connectivity index (χ2n) is 3.86. The van der Waals surface area contributed by atoms with Crippen LogP contribution >= 0.6 is 11.3 Å². The number of carbonyl (C=O) groups excluding carboxylic acids is 1. The Hall–Kier alpha value is -2.01. The van der Waals surface area contributed by atoms with Gasteiger partial charge in [-0.3, -0.25) is 0 Å². The van der Waals surface area contributed by atoms with Gasteiger partial charge in [-0.1, -0.05) is 0 Å². The standard InChI is InChI=1S/C13H14N2O2S/c14-10-1-2-11(12(15)7-10)13(16)17-5-3-9-4-6-18-8-9/h1-2,4,6-8H,3,5,14-15H2. The number of carbonyl (C=O) groups is 1. The van der Waals surface area contributed by atoms with Gasteiger partial charge in [0, 0.05) is 17.8 Å². The molecule has 94 valence electrons. The minimum absolute atomic E-state index is 0.343. The number of anilines is 2. The molecule has 0 unspecified atom stereocenters. The number of thiophene rings is 1. The maximum absolute atomic E-state index is 11.8. The van der Waals surface area contributed by atoms with Crippen molar-refractivity contribution in [2.24, 2.45) is 0 Å². The molecule has 0 aliphatic carbocycles. The lowest BCUT2D eigenvalue weighted by atomic mass is 10.1. The fraction of sp³-hybridized carbons (Fsp3) is 0.154. The predicted molar refractivity (Wildman–Crippen MR) is 73.6 cm³/mol. The molecule has 5 heteroatoms. The first-order valence-electron chi connectivity index (χ1n) is 5.50. The largest absolute Gasteiger partial charge is 0.462 e. The summed E-state index contributed by atoms with van der Waals surface area (Å²) in [5.74, 6) is -0.414. The number of esters is 1. The first-order chi connectivity index (χ1) is 8.66. The van der Waals surface area contributed by atoms with Crippen LogP contribution in [0.1, 0.15) is 15.9 Å². The van der Waals surface area contributed by atoms with Crippen LogP contribution in [0.2, 0.25) is 0 Å². The van der Waals surface area contributed by atoms with E-state index in [0.717, 1.165) is 5.56 Å². The van der Waals surface area contributed by atoms with Gasteiger partial charge in [-0.05, 0) is 40.6 Å². The first kappa shape index (κ1) is 12.4. The van der Waals surface area contributed by atoms with E-state index in [1.807, 2.05) is 16.8 Å². The van der Waals surface area contributed by atoms with Crippen molar-refractivity contribution in [2.75, 3.05) is 18.1 Å². The fourth-order valence-corrected chi connectivity index (χ4v) is 2.24. The zero-order valence-electron chi connectivity index (χ0n) is 9.76. The van der Waals surface area contributed by atoms with E-state index in [1.54, 1.807) is 29.5 Å². The molecule has 2 aromatic rings. The Balaban J connectivity index is 1.91. The van der Waals surface area contributed by atoms with Crippen molar-refractivity contribution < 1.29 is 9.53 Å². The van der Waals surface area contributed by atoms with Gasteiger partial charge in [0.1, 0.15) is 0 Å². The SMILES string of the molecule is Nc1ccc(C(=O)OCCc2ccsc2)c(N)c1. The van der Waals surface area contributed by atoms with E-state index in [4.69, 9.17) is 16.2 Å². The van der Waals surface area contributed by atoms with Crippen LogP contribution in [0.15, 0.2) is 35.0 Å². The van der Waals surface area contributed by atoms with E-state index < -0.39 is 5.97 Å². The minimum Gasteiger partial charge on any atom is -0.462 e. The lowest BCUT2D eigenvalue weighted by molar-refractivity contribution is 0.0510. The van der Waals surface area contributed by atoms with Crippen LogP contribution < -0.4 is 11.5 Å². The number of hydrogen-bond donors (Lipinski definition) is 2. The maximum Gasteiger partial charge on any atom is 0.340 e. The summed E-state index contributed by atoms with van der Waals surface area (Å²) in [5.41, 5.74) is 13.7. The van der Waals surface area contributed by atoms with Crippen LogP contribution in [-0.4, -0.2) is 12.6 Å². The molecule has 0 amide bonds. The van der Waals surface area contributed by atoms with Gasteiger partial charge in [-0.25, -0.2) is 4.79 Å². The fourth-order valence-electron chi connectivity index (χ4n) is 1.54. The van der Waals surface area contributed by atoms with Gasteiger partial charge >= 0.3 is 5.97 Å². The van der Waals surface area contributed by atoms with E-state index in [-0.39, 0.29) is 0 Å². The van der Waals surface area contributed by atoms with Crippen molar-refractivity contribution in [3.05, 3.63) is 46.2 Å². The molecule has 0 saturated heterocycles. The molecule has 1 aromatic heterocycles. The minimum atomic E-state index is -0.414. The lowest BCUT2D eigenvalue weighted by Gasteiger charge is -2.07. The summed E-state index contributed by atoms with van der Waals surface area (Å²) in [6.07, 6.45) is 0.712. The summed E-state index contributed by atoms with van der Waals surface area (Å²) >= 11 is 1.62. The molecule has 1 heterocycles. The van der Waals surface area contributed by atoms with E-state index in [2.05, 4.69) is 0 Å². The Bertz CT molecular complexity index is 538. The van der Waals surface area contributed by atoms with E-state index in [9.17, 15) is 4.79 Å². The zero-order chi connectivity index (χ0) is 13.0. The number of rotatable bonds is 4. The normalized spacial score (nSPS) is 10.2. The number of benzene rings is 1. The molecule has 0 bridgehead atoms. The van der Waals surface area contributed by atoms with Crippen molar-refractivity contribution in [2.45, 2.75) is 6.42 Å². The molecular formula is C13H14N2O2S. The maximum atomic E-state index is 11.8. The second kappa shape index (κ2) is 5.55. The average Bonchev–Trinajstić information content (AvgIpc) is 2.81. The molecule has 18 heavy (non-hydrogen) atoms. The van der Waals surface area contributed by atoms with Gasteiger partial charge in [0.05, 0.1) is 12.2 Å². The third-order valence-electron chi connectivity index (χ3n) is 2.50. The lowest BCUT2D eigenvalue weighted by Crippen LogP contribution is -2.10. The topological polar surface area (TPSA) is 78.3 Å². The van der Waals surface area contributed by atoms with Gasteiger partial charge in [-0.2, -0.15) is 11.3 Å². The summed E-state index contributed by atoms with van der Waals surface area (Å²) in [6, 6.07) is 6.77. The predicted octanol–water partition coefficient (Wildman–Crippen LogP) is 2.31. The van der Waals surface area contributed by atoms with Crippen molar-refractivity contribution in [1.82, 2.24) is 0 Å².